The van der Waals surface area contributed by atoms with Crippen molar-refractivity contribution in [3.8, 4) is 0 Å². The molecule has 0 radical (unpaired) electrons. The monoisotopic (exact) mass is 232 g/mol. The molecule has 0 aliphatic carbocycles. The first kappa shape index (κ1) is 13.2. The van der Waals surface area contributed by atoms with Crippen molar-refractivity contribution in [3.05, 3.63) is 0 Å². The van der Waals surface area contributed by atoms with Crippen LogP contribution in [-0.2, 0) is 4.74 Å². The lowest BCUT2D eigenvalue weighted by Gasteiger charge is -2.29. The van der Waals surface area contributed by atoms with Gasteiger partial charge in [0.05, 0.1) is 6.54 Å². The molecular formula is C11H21FN2O2. The number of halogens is 1. The molecule has 0 aromatic rings. The van der Waals surface area contributed by atoms with Crippen molar-refractivity contribution in [1.82, 2.24) is 10.2 Å². The van der Waals surface area contributed by atoms with E-state index < -0.39 is 17.4 Å². The first-order valence-corrected chi connectivity index (χ1v) is 5.57. The summed E-state index contributed by atoms with van der Waals surface area (Å²) in [5.41, 5.74) is -1.93. The standard InChI is InChI=1S/C11H21FN2O2/c1-10(2,3)16-9(15)14-6-5-13-7-11(4,12)8-14/h13H,5-8H2,1-4H3. The molecule has 1 aliphatic heterocycles. The summed E-state index contributed by atoms with van der Waals surface area (Å²) in [6.07, 6.45) is -0.444. The van der Waals surface area contributed by atoms with Gasteiger partial charge in [0, 0.05) is 19.6 Å². The highest BCUT2D eigenvalue weighted by Crippen LogP contribution is 2.16. The molecule has 94 valence electrons. The second-order valence-corrected chi connectivity index (χ2v) is 5.49. The van der Waals surface area contributed by atoms with Crippen molar-refractivity contribution in [2.75, 3.05) is 26.2 Å². The summed E-state index contributed by atoms with van der Waals surface area (Å²) in [7, 11) is 0. The largest absolute Gasteiger partial charge is 0.444 e. The van der Waals surface area contributed by atoms with Crippen molar-refractivity contribution < 1.29 is 13.9 Å². The molecule has 0 aromatic carbocycles. The minimum absolute atomic E-state index is 0.0783. The Labute approximate surface area is 96.1 Å². The molecule has 1 N–H and O–H groups in total. The third-order valence-electron chi connectivity index (χ3n) is 2.22. The van der Waals surface area contributed by atoms with Crippen LogP contribution in [0.15, 0.2) is 0 Å². The number of hydrogen-bond donors (Lipinski definition) is 1. The van der Waals surface area contributed by atoms with Gasteiger partial charge < -0.3 is 15.0 Å². The molecule has 4 nitrogen and oxygen atoms in total. The molecule has 1 fully saturated rings. The smallest absolute Gasteiger partial charge is 0.410 e. The summed E-state index contributed by atoms with van der Waals surface area (Å²) in [6, 6.07) is 0. The average Bonchev–Trinajstić information content (AvgIpc) is 2.23. The number of carbonyl (C=O) groups excluding carboxylic acids is 1. The van der Waals surface area contributed by atoms with E-state index in [0.29, 0.717) is 13.1 Å². The molecule has 0 spiro atoms. The zero-order valence-corrected chi connectivity index (χ0v) is 10.5. The van der Waals surface area contributed by atoms with E-state index in [1.165, 1.54) is 11.8 Å². The summed E-state index contributed by atoms with van der Waals surface area (Å²) < 4.78 is 19.1. The van der Waals surface area contributed by atoms with Gasteiger partial charge >= 0.3 is 6.09 Å². The lowest BCUT2D eigenvalue weighted by Crippen LogP contribution is -2.44. The maximum absolute atomic E-state index is 13.9. The van der Waals surface area contributed by atoms with Gasteiger partial charge in [0.15, 0.2) is 0 Å². The number of amides is 1. The molecule has 0 saturated carbocycles. The Bertz CT molecular complexity index is 261. The Hall–Kier alpha value is -0.840. The van der Waals surface area contributed by atoms with Crippen LogP contribution in [0.25, 0.3) is 0 Å². The summed E-state index contributed by atoms with van der Waals surface area (Å²) in [4.78, 5) is 13.2. The number of alkyl halides is 1. The van der Waals surface area contributed by atoms with Gasteiger partial charge in [-0.1, -0.05) is 0 Å². The Morgan fingerprint density at radius 2 is 2.12 bits per heavy atom. The zero-order valence-electron chi connectivity index (χ0n) is 10.5. The van der Waals surface area contributed by atoms with Gasteiger partial charge in [0.2, 0.25) is 0 Å². The van der Waals surface area contributed by atoms with E-state index in [2.05, 4.69) is 5.32 Å². The normalized spacial score (nSPS) is 27.4. The van der Waals surface area contributed by atoms with Crippen LogP contribution in [0.2, 0.25) is 0 Å². The van der Waals surface area contributed by atoms with Crippen LogP contribution in [0, 0.1) is 0 Å². The molecule has 1 rings (SSSR count). The Morgan fingerprint density at radius 1 is 1.50 bits per heavy atom. The zero-order chi connectivity index (χ0) is 12.4. The van der Waals surface area contributed by atoms with E-state index in [0.717, 1.165) is 0 Å². The van der Waals surface area contributed by atoms with Gasteiger partial charge in [0.25, 0.3) is 0 Å². The number of carbonyl (C=O) groups is 1. The third kappa shape index (κ3) is 4.35. The molecule has 0 aromatic heterocycles. The van der Waals surface area contributed by atoms with Crippen molar-refractivity contribution in [2.24, 2.45) is 0 Å². The van der Waals surface area contributed by atoms with Crippen molar-refractivity contribution in [2.45, 2.75) is 39.0 Å². The van der Waals surface area contributed by atoms with E-state index in [1.807, 2.05) is 0 Å². The molecule has 1 amide bonds. The molecule has 1 unspecified atom stereocenters. The van der Waals surface area contributed by atoms with Crippen molar-refractivity contribution in [1.29, 1.82) is 0 Å². The van der Waals surface area contributed by atoms with Gasteiger partial charge in [0.1, 0.15) is 11.3 Å². The Balaban J connectivity index is 2.61. The first-order chi connectivity index (χ1) is 7.20. The predicted molar refractivity (Wildman–Crippen MR) is 60.2 cm³/mol. The van der Waals surface area contributed by atoms with Crippen LogP contribution in [-0.4, -0.2) is 48.4 Å². The van der Waals surface area contributed by atoms with Gasteiger partial charge in [-0.05, 0) is 27.7 Å². The summed E-state index contributed by atoms with van der Waals surface area (Å²) >= 11 is 0. The fourth-order valence-electron chi connectivity index (χ4n) is 1.58. The summed E-state index contributed by atoms with van der Waals surface area (Å²) in [5.74, 6) is 0. The average molecular weight is 232 g/mol. The number of ether oxygens (including phenoxy) is 1. The molecule has 1 heterocycles. The highest BCUT2D eigenvalue weighted by atomic mass is 19.1. The maximum Gasteiger partial charge on any atom is 0.410 e. The summed E-state index contributed by atoms with van der Waals surface area (Å²) in [5, 5.41) is 2.96. The fraction of sp³-hybridized carbons (Fsp3) is 0.909. The molecule has 5 heteroatoms. The Morgan fingerprint density at radius 3 is 2.69 bits per heavy atom. The number of rotatable bonds is 0. The Kier molecular flexibility index (Phi) is 3.78. The van der Waals surface area contributed by atoms with E-state index in [9.17, 15) is 9.18 Å². The first-order valence-electron chi connectivity index (χ1n) is 5.57. The van der Waals surface area contributed by atoms with Crippen LogP contribution < -0.4 is 5.32 Å². The topological polar surface area (TPSA) is 41.6 Å². The minimum atomic E-state index is -1.40. The quantitative estimate of drug-likeness (QED) is 0.689. The number of nitrogens with one attached hydrogen (secondary N) is 1. The van der Waals surface area contributed by atoms with Gasteiger partial charge in [-0.25, -0.2) is 9.18 Å². The van der Waals surface area contributed by atoms with E-state index >= 15 is 0 Å². The molecule has 0 bridgehead atoms. The van der Waals surface area contributed by atoms with Gasteiger partial charge in [-0.3, -0.25) is 0 Å². The minimum Gasteiger partial charge on any atom is -0.444 e. The van der Waals surface area contributed by atoms with E-state index in [1.54, 1.807) is 20.8 Å². The van der Waals surface area contributed by atoms with Crippen LogP contribution in [0.5, 0.6) is 0 Å². The molecule has 1 atom stereocenters. The van der Waals surface area contributed by atoms with E-state index in [-0.39, 0.29) is 13.1 Å². The van der Waals surface area contributed by atoms with Gasteiger partial charge in [-0.2, -0.15) is 0 Å². The van der Waals surface area contributed by atoms with E-state index in [4.69, 9.17) is 4.74 Å². The second kappa shape index (κ2) is 4.57. The van der Waals surface area contributed by atoms with Crippen molar-refractivity contribution in [3.63, 3.8) is 0 Å². The van der Waals surface area contributed by atoms with Crippen molar-refractivity contribution >= 4 is 6.09 Å². The number of nitrogens with zero attached hydrogens (tertiary/aromatic N) is 1. The number of hydrogen-bond acceptors (Lipinski definition) is 3. The third-order valence-corrected chi connectivity index (χ3v) is 2.22. The van der Waals surface area contributed by atoms with Gasteiger partial charge in [-0.15, -0.1) is 0 Å². The molecule has 16 heavy (non-hydrogen) atoms. The molecular weight excluding hydrogens is 211 g/mol. The fourth-order valence-corrected chi connectivity index (χ4v) is 1.58. The highest BCUT2D eigenvalue weighted by Gasteiger charge is 2.33. The van der Waals surface area contributed by atoms with Crippen LogP contribution in [0.1, 0.15) is 27.7 Å². The van der Waals surface area contributed by atoms with Crippen LogP contribution >= 0.6 is 0 Å². The maximum atomic E-state index is 13.9. The molecule has 1 aliphatic rings. The lowest BCUT2D eigenvalue weighted by molar-refractivity contribution is 0.0168. The lowest BCUT2D eigenvalue weighted by atomic mass is 10.1. The SMILES string of the molecule is CC1(F)CNCCN(C(=O)OC(C)(C)C)C1. The highest BCUT2D eigenvalue weighted by molar-refractivity contribution is 5.68. The summed E-state index contributed by atoms with van der Waals surface area (Å²) in [6.45, 7) is 8.32. The second-order valence-electron chi connectivity index (χ2n) is 5.49. The molecule has 1 saturated heterocycles. The van der Waals surface area contributed by atoms with Crippen LogP contribution in [0.4, 0.5) is 9.18 Å². The predicted octanol–water partition coefficient (Wildman–Crippen LogP) is 1.55. The van der Waals surface area contributed by atoms with Crippen LogP contribution in [0.3, 0.4) is 0 Å².